The zero-order chi connectivity index (χ0) is 13.5. The Morgan fingerprint density at radius 3 is 1.53 bits per heavy atom. The van der Waals surface area contributed by atoms with Crippen molar-refractivity contribution in [3.05, 3.63) is 11.8 Å². The average Bonchev–Trinajstić information content (AvgIpc) is 2.00. The van der Waals surface area contributed by atoms with Crippen LogP contribution in [0, 0.1) is 11.8 Å². The van der Waals surface area contributed by atoms with Gasteiger partial charge in [-0.2, -0.15) is 0 Å². The van der Waals surface area contributed by atoms with Crippen LogP contribution in [0.25, 0.3) is 0 Å². The molecule has 0 atom stereocenters. The summed E-state index contributed by atoms with van der Waals surface area (Å²) in [7, 11) is 0. The topological polar surface area (TPSA) is 61.9 Å². The van der Waals surface area contributed by atoms with Crippen molar-refractivity contribution in [3.63, 3.8) is 0 Å². The summed E-state index contributed by atoms with van der Waals surface area (Å²) in [4.78, 5) is 9.23. The van der Waals surface area contributed by atoms with Crippen molar-refractivity contribution in [3.8, 4) is 0 Å². The Balaban J connectivity index is -0.000000280. The van der Waals surface area contributed by atoms with Gasteiger partial charge >= 0.3 is 5.78 Å². The number of ketones is 1. The molecule has 0 aromatic rings. The molecule has 0 fully saturated rings. The molecule has 4 heteroatoms. The number of carbonyl (C=O) groups excluding carboxylic acids is 1. The van der Waals surface area contributed by atoms with E-state index >= 15 is 0 Å². The molecule has 0 aromatic carbocycles. The Morgan fingerprint density at radius 2 is 1.35 bits per heavy atom. The van der Waals surface area contributed by atoms with Gasteiger partial charge in [-0.15, -0.1) is 0 Å². The molecule has 0 rings (SSSR count). The fraction of sp³-hybridized carbons (Fsp3) is 0.769. The normalized spacial score (nSPS) is 11.8. The van der Waals surface area contributed by atoms with E-state index in [1.165, 1.54) is 6.08 Å². The Kier molecular flexibility index (Phi) is 13.1. The predicted octanol–water partition coefficient (Wildman–Crippen LogP) is 3.06. The van der Waals surface area contributed by atoms with Gasteiger partial charge < -0.3 is 10.2 Å². The second-order valence-electron chi connectivity index (χ2n) is 5.47. The molecule has 0 bridgehead atoms. The molecule has 0 spiro atoms. The van der Waals surface area contributed by atoms with Gasteiger partial charge in [0.05, 0.1) is 17.6 Å². The number of hydrogen-bond donors (Lipinski definition) is 2. The molecule has 3 N–H and O–H groups in total. The van der Waals surface area contributed by atoms with Crippen LogP contribution in [0.3, 0.4) is 0 Å². The molecule has 0 aliphatic carbocycles. The van der Waals surface area contributed by atoms with Crippen molar-refractivity contribution in [2.75, 3.05) is 0 Å². The van der Waals surface area contributed by atoms with E-state index < -0.39 is 5.60 Å². The third-order valence-corrected chi connectivity index (χ3v) is 1.48. The maximum atomic E-state index is 9.23. The maximum absolute atomic E-state index is 9.23. The SMILES string of the molecule is CC(C)(C)O.CC(C)C(=[OH+])/C=C(\O)C(C)C.[Zr]. The van der Waals surface area contributed by atoms with Crippen molar-refractivity contribution >= 4 is 5.78 Å². The van der Waals surface area contributed by atoms with E-state index in [-0.39, 0.29) is 49.6 Å². The third-order valence-electron chi connectivity index (χ3n) is 1.48. The summed E-state index contributed by atoms with van der Waals surface area (Å²) in [5.74, 6) is 0.624. The average molecular weight is 323 g/mol. The second kappa shape index (κ2) is 10.0. The molecule has 0 aliphatic heterocycles. The summed E-state index contributed by atoms with van der Waals surface area (Å²) in [5, 5.41) is 17.7. The Morgan fingerprint density at radius 1 is 1.06 bits per heavy atom. The zero-order valence-corrected chi connectivity index (χ0v) is 14.5. The second-order valence-corrected chi connectivity index (χ2v) is 5.47. The minimum Gasteiger partial charge on any atom is -0.512 e. The van der Waals surface area contributed by atoms with Gasteiger partial charge in [0.1, 0.15) is 5.76 Å². The van der Waals surface area contributed by atoms with Crippen molar-refractivity contribution < 1.29 is 41.2 Å². The maximum Gasteiger partial charge on any atom is 0.322 e. The molecular formula is C13H27O3Zr+. The van der Waals surface area contributed by atoms with Crippen LogP contribution in [-0.4, -0.2) is 26.4 Å². The number of allylic oxidation sites excluding steroid dienone is 2. The molecular weight excluding hydrogens is 295 g/mol. The van der Waals surface area contributed by atoms with Crippen LogP contribution in [0.2, 0.25) is 0 Å². The van der Waals surface area contributed by atoms with E-state index in [1.807, 2.05) is 27.7 Å². The molecule has 3 nitrogen and oxygen atoms in total. The van der Waals surface area contributed by atoms with Crippen LogP contribution in [0.4, 0.5) is 0 Å². The van der Waals surface area contributed by atoms with Crippen molar-refractivity contribution in [1.82, 2.24) is 0 Å². The van der Waals surface area contributed by atoms with E-state index in [9.17, 15) is 9.90 Å². The van der Waals surface area contributed by atoms with Gasteiger partial charge in [-0.1, -0.05) is 27.7 Å². The molecule has 0 saturated carbocycles. The van der Waals surface area contributed by atoms with E-state index in [0.29, 0.717) is 0 Å². The number of aliphatic hydroxyl groups excluding tert-OH is 1. The zero-order valence-electron chi connectivity index (χ0n) is 12.1. The molecule has 0 saturated heterocycles. The molecule has 100 valence electrons. The molecule has 0 heterocycles. The van der Waals surface area contributed by atoms with Gasteiger partial charge in [0, 0.05) is 32.1 Å². The van der Waals surface area contributed by atoms with E-state index in [1.54, 1.807) is 20.8 Å². The number of aliphatic hydroxyl groups is 2. The Bertz CT molecular complexity index is 232. The van der Waals surface area contributed by atoms with Crippen molar-refractivity contribution in [2.45, 2.75) is 54.1 Å². The van der Waals surface area contributed by atoms with Gasteiger partial charge in [0.15, 0.2) is 0 Å². The molecule has 0 amide bonds. The summed E-state index contributed by atoms with van der Waals surface area (Å²) >= 11 is 0. The molecule has 0 unspecified atom stereocenters. The fourth-order valence-electron chi connectivity index (χ4n) is 0.485. The van der Waals surface area contributed by atoms with Crippen molar-refractivity contribution in [1.29, 1.82) is 0 Å². The fourth-order valence-corrected chi connectivity index (χ4v) is 0.485. The summed E-state index contributed by atoms with van der Waals surface area (Å²) in [6, 6.07) is 0. The van der Waals surface area contributed by atoms with Crippen LogP contribution < -0.4 is 0 Å². The molecule has 0 aliphatic rings. The van der Waals surface area contributed by atoms with E-state index in [0.717, 1.165) is 0 Å². The first-order chi connectivity index (χ1) is 6.95. The van der Waals surface area contributed by atoms with Gasteiger partial charge in [0.2, 0.25) is 0 Å². The van der Waals surface area contributed by atoms with E-state index in [2.05, 4.69) is 0 Å². The van der Waals surface area contributed by atoms with Gasteiger partial charge in [-0.25, -0.2) is 0 Å². The predicted molar refractivity (Wildman–Crippen MR) is 69.3 cm³/mol. The molecule has 0 aromatic heterocycles. The smallest absolute Gasteiger partial charge is 0.322 e. The summed E-state index contributed by atoms with van der Waals surface area (Å²) in [6.45, 7) is 12.7. The van der Waals surface area contributed by atoms with Crippen LogP contribution in [0.5, 0.6) is 0 Å². The van der Waals surface area contributed by atoms with Crippen LogP contribution in [0.15, 0.2) is 11.8 Å². The quantitative estimate of drug-likeness (QED) is 0.476. The van der Waals surface area contributed by atoms with E-state index in [4.69, 9.17) is 5.11 Å². The van der Waals surface area contributed by atoms with Crippen LogP contribution in [-0.2, 0) is 26.2 Å². The largest absolute Gasteiger partial charge is 0.512 e. The molecule has 0 radical (unpaired) electrons. The van der Waals surface area contributed by atoms with Crippen molar-refractivity contribution in [2.24, 2.45) is 11.8 Å². The van der Waals surface area contributed by atoms with Crippen LogP contribution >= 0.6 is 0 Å². The summed E-state index contributed by atoms with van der Waals surface area (Å²) < 4.78 is 0. The monoisotopic (exact) mass is 321 g/mol. The first-order valence-corrected chi connectivity index (χ1v) is 5.63. The third kappa shape index (κ3) is 21.8. The number of rotatable bonds is 3. The summed E-state index contributed by atoms with van der Waals surface area (Å²) in [6.07, 6.45) is 1.43. The first-order valence-electron chi connectivity index (χ1n) is 5.63. The minimum atomic E-state index is -0.500. The van der Waals surface area contributed by atoms with Gasteiger partial charge in [0.25, 0.3) is 0 Å². The first kappa shape index (κ1) is 22.3. The summed E-state index contributed by atoms with van der Waals surface area (Å²) in [5.41, 5.74) is -0.500. The number of hydrogen-bond acceptors (Lipinski definition) is 2. The molecule has 17 heavy (non-hydrogen) atoms. The Labute approximate surface area is 124 Å². The van der Waals surface area contributed by atoms with Crippen LogP contribution in [0.1, 0.15) is 48.5 Å². The van der Waals surface area contributed by atoms with Gasteiger partial charge in [-0.3, -0.25) is 4.79 Å². The standard InChI is InChI=1S/C9H16O2.C4H10O.Zr/c1-6(2)8(10)5-9(11)7(3)4;1-4(2,3)5;/h5-7,10H,1-4H3;5H,1-3H3;/p+1/b8-5-;;. The van der Waals surface area contributed by atoms with Gasteiger partial charge in [-0.05, 0) is 20.8 Å². The minimum absolute atomic E-state index is 0. The Hall–Kier alpha value is 0.0531.